The van der Waals surface area contributed by atoms with Crippen LogP contribution in [0.2, 0.25) is 0 Å². The van der Waals surface area contributed by atoms with Crippen molar-refractivity contribution in [1.82, 2.24) is 10.2 Å². The molecule has 110 valence electrons. The molecule has 0 bridgehead atoms. The molecule has 9 heteroatoms. The van der Waals surface area contributed by atoms with Crippen LogP contribution >= 0.6 is 0 Å². The van der Waals surface area contributed by atoms with Gasteiger partial charge in [0.15, 0.2) is 0 Å². The molecule has 2 N–H and O–H groups in total. The van der Waals surface area contributed by atoms with Crippen LogP contribution in [0.25, 0.3) is 0 Å². The Morgan fingerprint density at radius 2 is 2.00 bits per heavy atom. The molecule has 5 nitrogen and oxygen atoms in total. The molecule has 1 rings (SSSR count). The van der Waals surface area contributed by atoms with Crippen molar-refractivity contribution in [2.45, 2.75) is 19.3 Å². The lowest BCUT2D eigenvalue weighted by Gasteiger charge is -2.20. The molecule has 1 fully saturated rings. The highest BCUT2D eigenvalue weighted by molar-refractivity contribution is 5.77. The standard InChI is InChI=1S/C10H14F4N2O3/c1-5-2-16(3-6(5)7(17)18)9(19)15-4-10(13,14)8(11)12/h5-6,8H,2-4H2,1H3,(H,15,19)(H,17,18)/t5-,6-/m1/s1. The van der Waals surface area contributed by atoms with E-state index in [4.69, 9.17) is 5.11 Å². The van der Waals surface area contributed by atoms with Gasteiger partial charge in [0.05, 0.1) is 12.5 Å². The fraction of sp³-hybridized carbons (Fsp3) is 0.800. The molecule has 2 amide bonds. The summed E-state index contributed by atoms with van der Waals surface area (Å²) in [5, 5.41) is 10.5. The molecular weight excluding hydrogens is 272 g/mol. The number of carbonyl (C=O) groups excluding carboxylic acids is 1. The number of hydrogen-bond donors (Lipinski definition) is 2. The zero-order chi connectivity index (χ0) is 14.8. The third-order valence-electron chi connectivity index (χ3n) is 3.01. The Morgan fingerprint density at radius 1 is 1.42 bits per heavy atom. The van der Waals surface area contributed by atoms with Crippen LogP contribution in [0.5, 0.6) is 0 Å². The lowest BCUT2D eigenvalue weighted by molar-refractivity contribution is -0.142. The average molecular weight is 286 g/mol. The number of carbonyl (C=O) groups is 2. The summed E-state index contributed by atoms with van der Waals surface area (Å²) < 4.78 is 49.0. The molecule has 2 atom stereocenters. The summed E-state index contributed by atoms with van der Waals surface area (Å²) in [5.74, 6) is -6.48. The summed E-state index contributed by atoms with van der Waals surface area (Å²) in [6.07, 6.45) is -3.86. The average Bonchev–Trinajstić information content (AvgIpc) is 2.68. The van der Waals surface area contributed by atoms with E-state index >= 15 is 0 Å². The van der Waals surface area contributed by atoms with Crippen LogP contribution in [0.15, 0.2) is 0 Å². The zero-order valence-electron chi connectivity index (χ0n) is 10.1. The van der Waals surface area contributed by atoms with Crippen LogP contribution in [0, 0.1) is 11.8 Å². The number of rotatable bonds is 4. The van der Waals surface area contributed by atoms with Crippen molar-refractivity contribution in [3.05, 3.63) is 0 Å². The van der Waals surface area contributed by atoms with E-state index in [1.165, 1.54) is 0 Å². The summed E-state index contributed by atoms with van der Waals surface area (Å²) in [6, 6.07) is -0.962. The van der Waals surface area contributed by atoms with Gasteiger partial charge in [-0.3, -0.25) is 4.79 Å². The lowest BCUT2D eigenvalue weighted by Crippen LogP contribution is -2.46. The van der Waals surface area contributed by atoms with E-state index in [2.05, 4.69) is 0 Å². The summed E-state index contributed by atoms with van der Waals surface area (Å²) in [6.45, 7) is 0.0948. The first kappa shape index (κ1) is 15.5. The van der Waals surface area contributed by atoms with Crippen LogP contribution in [0.1, 0.15) is 6.92 Å². The molecule has 1 aliphatic heterocycles. The highest BCUT2D eigenvalue weighted by atomic mass is 19.3. The first-order chi connectivity index (χ1) is 8.65. The molecule has 0 aliphatic carbocycles. The van der Waals surface area contributed by atoms with E-state index in [0.29, 0.717) is 0 Å². The van der Waals surface area contributed by atoms with Gasteiger partial charge in [0.25, 0.3) is 0 Å². The SMILES string of the molecule is C[C@@H]1CN(C(=O)NCC(F)(F)C(F)F)C[C@H]1C(=O)O. The Balaban J connectivity index is 2.50. The minimum absolute atomic E-state index is 0.0864. The number of alkyl halides is 4. The molecule has 0 unspecified atom stereocenters. The number of halogens is 4. The predicted molar refractivity (Wildman–Crippen MR) is 56.2 cm³/mol. The third kappa shape index (κ3) is 3.71. The molecule has 1 aliphatic rings. The Labute approximate surface area is 106 Å². The number of aliphatic carboxylic acids is 1. The number of carboxylic acids is 1. The summed E-state index contributed by atoms with van der Waals surface area (Å²) >= 11 is 0. The largest absolute Gasteiger partial charge is 0.481 e. The van der Waals surface area contributed by atoms with Crippen LogP contribution in [-0.4, -0.2) is 54.0 Å². The van der Waals surface area contributed by atoms with Crippen molar-refractivity contribution in [2.24, 2.45) is 11.8 Å². The minimum Gasteiger partial charge on any atom is -0.481 e. The summed E-state index contributed by atoms with van der Waals surface area (Å²) in [7, 11) is 0. The molecule has 19 heavy (non-hydrogen) atoms. The number of carboxylic acid groups (broad SMARTS) is 1. The van der Waals surface area contributed by atoms with Gasteiger partial charge < -0.3 is 15.3 Å². The van der Waals surface area contributed by atoms with E-state index in [1.54, 1.807) is 12.2 Å². The van der Waals surface area contributed by atoms with Crippen LogP contribution < -0.4 is 5.32 Å². The van der Waals surface area contributed by atoms with Crippen molar-refractivity contribution in [1.29, 1.82) is 0 Å². The Morgan fingerprint density at radius 3 is 2.42 bits per heavy atom. The van der Waals surface area contributed by atoms with Gasteiger partial charge in [-0.15, -0.1) is 0 Å². The Kier molecular flexibility index (Phi) is 4.59. The van der Waals surface area contributed by atoms with Crippen molar-refractivity contribution in [3.8, 4) is 0 Å². The maximum absolute atomic E-state index is 12.6. The van der Waals surface area contributed by atoms with E-state index in [-0.39, 0.29) is 19.0 Å². The predicted octanol–water partition coefficient (Wildman–Crippen LogP) is 1.25. The molecule has 1 saturated heterocycles. The van der Waals surface area contributed by atoms with Gasteiger partial charge in [-0.05, 0) is 5.92 Å². The molecular formula is C10H14F4N2O3. The number of likely N-dealkylation sites (tertiary alicyclic amines) is 1. The topological polar surface area (TPSA) is 69.6 Å². The summed E-state index contributed by atoms with van der Waals surface area (Å²) in [4.78, 5) is 23.3. The molecule has 0 spiro atoms. The van der Waals surface area contributed by atoms with Crippen molar-refractivity contribution in [3.63, 3.8) is 0 Å². The first-order valence-electron chi connectivity index (χ1n) is 5.56. The molecule has 0 aromatic carbocycles. The second kappa shape index (κ2) is 5.62. The first-order valence-corrected chi connectivity index (χ1v) is 5.56. The van der Waals surface area contributed by atoms with Gasteiger partial charge in [-0.2, -0.15) is 8.78 Å². The Bertz CT molecular complexity index is 365. The number of nitrogens with one attached hydrogen (secondary N) is 1. The van der Waals surface area contributed by atoms with E-state index in [9.17, 15) is 27.2 Å². The zero-order valence-corrected chi connectivity index (χ0v) is 10.1. The number of nitrogens with zero attached hydrogens (tertiary/aromatic N) is 1. The van der Waals surface area contributed by atoms with Gasteiger partial charge in [-0.1, -0.05) is 6.92 Å². The van der Waals surface area contributed by atoms with Crippen LogP contribution in [-0.2, 0) is 4.79 Å². The van der Waals surface area contributed by atoms with Crippen molar-refractivity contribution < 1.29 is 32.3 Å². The second-order valence-electron chi connectivity index (χ2n) is 4.55. The summed E-state index contributed by atoms with van der Waals surface area (Å²) in [5.41, 5.74) is 0. The van der Waals surface area contributed by atoms with Gasteiger partial charge in [0.1, 0.15) is 0 Å². The monoisotopic (exact) mass is 286 g/mol. The number of amides is 2. The minimum atomic E-state index is -4.30. The van der Waals surface area contributed by atoms with E-state index in [0.717, 1.165) is 4.90 Å². The van der Waals surface area contributed by atoms with Crippen molar-refractivity contribution in [2.75, 3.05) is 19.6 Å². The number of urea groups is 1. The molecule has 0 aromatic heterocycles. The van der Waals surface area contributed by atoms with Gasteiger partial charge in [0, 0.05) is 13.1 Å². The smallest absolute Gasteiger partial charge is 0.324 e. The second-order valence-corrected chi connectivity index (χ2v) is 4.55. The molecule has 0 saturated carbocycles. The van der Waals surface area contributed by atoms with Gasteiger partial charge >= 0.3 is 24.3 Å². The van der Waals surface area contributed by atoms with E-state index < -0.39 is 36.8 Å². The van der Waals surface area contributed by atoms with Crippen LogP contribution in [0.4, 0.5) is 22.4 Å². The van der Waals surface area contributed by atoms with Gasteiger partial charge in [0.2, 0.25) is 0 Å². The molecule has 0 radical (unpaired) electrons. The quantitative estimate of drug-likeness (QED) is 0.764. The van der Waals surface area contributed by atoms with E-state index in [1.807, 2.05) is 0 Å². The third-order valence-corrected chi connectivity index (χ3v) is 3.01. The normalized spacial score (nSPS) is 23.8. The fourth-order valence-corrected chi connectivity index (χ4v) is 1.84. The van der Waals surface area contributed by atoms with Crippen molar-refractivity contribution >= 4 is 12.0 Å². The fourth-order valence-electron chi connectivity index (χ4n) is 1.84. The maximum atomic E-state index is 12.6. The Hall–Kier alpha value is -1.54. The van der Waals surface area contributed by atoms with Gasteiger partial charge in [-0.25, -0.2) is 13.6 Å². The lowest BCUT2D eigenvalue weighted by atomic mass is 9.99. The van der Waals surface area contributed by atoms with Crippen LogP contribution in [0.3, 0.4) is 0 Å². The highest BCUT2D eigenvalue weighted by Gasteiger charge is 2.42. The maximum Gasteiger partial charge on any atom is 0.324 e. The molecule has 1 heterocycles. The molecule has 0 aromatic rings. The highest BCUT2D eigenvalue weighted by Crippen LogP contribution is 2.24. The number of hydrogen-bond acceptors (Lipinski definition) is 2.